The van der Waals surface area contributed by atoms with E-state index < -0.39 is 0 Å². The van der Waals surface area contributed by atoms with E-state index in [9.17, 15) is 0 Å². The maximum Gasteiger partial charge on any atom is 0.127 e. The van der Waals surface area contributed by atoms with Gasteiger partial charge in [0.25, 0.3) is 0 Å². The molecule has 0 fully saturated rings. The molecule has 0 aliphatic heterocycles. The first-order valence-corrected chi connectivity index (χ1v) is 6.75. The molecule has 0 aliphatic rings. The predicted octanol–water partition coefficient (Wildman–Crippen LogP) is 4.79. The van der Waals surface area contributed by atoms with Crippen LogP contribution in [0.2, 0.25) is 5.02 Å². The van der Waals surface area contributed by atoms with Crippen LogP contribution < -0.4 is 0 Å². The quantitative estimate of drug-likeness (QED) is 0.731. The van der Waals surface area contributed by atoms with Gasteiger partial charge < -0.3 is 4.57 Å². The van der Waals surface area contributed by atoms with E-state index >= 15 is 0 Å². The molecule has 1 atom stereocenters. The second-order valence-corrected chi connectivity index (χ2v) is 5.26. The Labute approximate surface area is 112 Å². The van der Waals surface area contributed by atoms with E-state index in [1.54, 1.807) is 0 Å². The summed E-state index contributed by atoms with van der Waals surface area (Å²) in [5.41, 5.74) is 1.93. The highest BCUT2D eigenvalue weighted by Gasteiger charge is 2.15. The zero-order valence-electron chi connectivity index (χ0n) is 10.1. The third-order valence-electron chi connectivity index (χ3n) is 2.85. The largest absolute Gasteiger partial charge is 0.327 e. The van der Waals surface area contributed by atoms with Gasteiger partial charge in [0.2, 0.25) is 0 Å². The first-order chi connectivity index (χ1) is 8.15. The Morgan fingerprint density at radius 2 is 2.18 bits per heavy atom. The van der Waals surface area contributed by atoms with Crippen molar-refractivity contribution >= 4 is 34.2 Å². The number of imidazole rings is 1. The van der Waals surface area contributed by atoms with Gasteiger partial charge >= 0.3 is 0 Å². The molecular formula is C13H16Cl2N2. The lowest BCUT2D eigenvalue weighted by Crippen LogP contribution is -2.04. The molecular weight excluding hydrogens is 255 g/mol. The fourth-order valence-corrected chi connectivity index (χ4v) is 2.36. The molecule has 1 aromatic heterocycles. The molecule has 0 saturated carbocycles. The average molecular weight is 271 g/mol. The summed E-state index contributed by atoms with van der Waals surface area (Å²) in [6, 6.07) is 5.87. The van der Waals surface area contributed by atoms with E-state index in [-0.39, 0.29) is 5.38 Å². The van der Waals surface area contributed by atoms with Crippen molar-refractivity contribution < 1.29 is 0 Å². The third-order valence-corrected chi connectivity index (χ3v) is 3.35. The summed E-state index contributed by atoms with van der Waals surface area (Å²) in [6.45, 7) is 5.06. The van der Waals surface area contributed by atoms with Crippen LogP contribution in [-0.2, 0) is 6.54 Å². The number of fused-ring (bicyclic) bond motifs is 1. The summed E-state index contributed by atoms with van der Waals surface area (Å²) in [7, 11) is 0. The molecule has 0 bridgehead atoms. The van der Waals surface area contributed by atoms with Gasteiger partial charge in [-0.05, 0) is 25.5 Å². The molecule has 2 aromatic rings. The van der Waals surface area contributed by atoms with Crippen molar-refractivity contribution in [1.82, 2.24) is 9.55 Å². The van der Waals surface area contributed by atoms with Gasteiger partial charge in [-0.3, -0.25) is 0 Å². The van der Waals surface area contributed by atoms with Gasteiger partial charge in [0.15, 0.2) is 0 Å². The summed E-state index contributed by atoms with van der Waals surface area (Å²) in [6.07, 6.45) is 2.27. The van der Waals surface area contributed by atoms with Crippen LogP contribution in [0.3, 0.4) is 0 Å². The molecule has 1 unspecified atom stereocenters. The van der Waals surface area contributed by atoms with Crippen molar-refractivity contribution in [2.45, 2.75) is 38.6 Å². The number of hydrogen-bond acceptors (Lipinski definition) is 1. The van der Waals surface area contributed by atoms with E-state index in [2.05, 4.69) is 16.5 Å². The minimum Gasteiger partial charge on any atom is -0.327 e. The second kappa shape index (κ2) is 5.28. The number of nitrogens with zero attached hydrogens (tertiary/aromatic N) is 2. The maximum absolute atomic E-state index is 6.18. The number of rotatable bonds is 4. The number of aryl methyl sites for hydroxylation is 1. The highest BCUT2D eigenvalue weighted by Crippen LogP contribution is 2.28. The number of para-hydroxylation sites is 1. The van der Waals surface area contributed by atoms with Crippen molar-refractivity contribution in [3.05, 3.63) is 29.0 Å². The van der Waals surface area contributed by atoms with Gasteiger partial charge in [0.05, 0.1) is 15.9 Å². The Balaban J connectivity index is 2.59. The summed E-state index contributed by atoms with van der Waals surface area (Å²) in [5, 5.41) is 0.589. The molecule has 0 saturated heterocycles. The molecule has 0 N–H and O–H groups in total. The van der Waals surface area contributed by atoms with Gasteiger partial charge in [-0.25, -0.2) is 4.98 Å². The first kappa shape index (κ1) is 12.7. The standard InChI is InChI=1S/C13H16Cl2N2/c1-3-4-8-17-11-7-5-6-10(15)12(11)16-13(17)9(2)14/h5-7,9H,3-4,8H2,1-2H3. The first-order valence-electron chi connectivity index (χ1n) is 5.94. The summed E-state index contributed by atoms with van der Waals surface area (Å²) in [4.78, 5) is 4.56. The van der Waals surface area contributed by atoms with Crippen LogP contribution in [0.4, 0.5) is 0 Å². The molecule has 2 rings (SSSR count). The monoisotopic (exact) mass is 270 g/mol. The number of benzene rings is 1. The van der Waals surface area contributed by atoms with Crippen LogP contribution in [0.5, 0.6) is 0 Å². The smallest absolute Gasteiger partial charge is 0.127 e. The van der Waals surface area contributed by atoms with Gasteiger partial charge in [-0.15, -0.1) is 11.6 Å². The third kappa shape index (κ3) is 2.43. The topological polar surface area (TPSA) is 17.8 Å². The second-order valence-electron chi connectivity index (χ2n) is 4.20. The Bertz CT molecular complexity index is 517. The average Bonchev–Trinajstić information content (AvgIpc) is 2.67. The van der Waals surface area contributed by atoms with E-state index in [0.29, 0.717) is 5.02 Å². The number of hydrogen-bond donors (Lipinski definition) is 0. The van der Waals surface area contributed by atoms with Crippen molar-refractivity contribution in [3.8, 4) is 0 Å². The molecule has 0 amide bonds. The molecule has 1 heterocycles. The van der Waals surface area contributed by atoms with Crippen molar-refractivity contribution in [2.24, 2.45) is 0 Å². The molecule has 0 radical (unpaired) electrons. The van der Waals surface area contributed by atoms with Crippen molar-refractivity contribution in [3.63, 3.8) is 0 Å². The number of halogens is 2. The number of alkyl halides is 1. The van der Waals surface area contributed by atoms with Crippen LogP contribution in [0, 0.1) is 0 Å². The fraction of sp³-hybridized carbons (Fsp3) is 0.462. The molecule has 4 heteroatoms. The fourth-order valence-electron chi connectivity index (χ4n) is 1.99. The van der Waals surface area contributed by atoms with Crippen LogP contribution in [0.25, 0.3) is 11.0 Å². The molecule has 17 heavy (non-hydrogen) atoms. The number of unbranched alkanes of at least 4 members (excludes halogenated alkanes) is 1. The van der Waals surface area contributed by atoms with E-state index in [1.165, 1.54) is 0 Å². The number of aromatic nitrogens is 2. The Morgan fingerprint density at radius 1 is 1.41 bits per heavy atom. The van der Waals surface area contributed by atoms with Crippen LogP contribution >= 0.6 is 23.2 Å². The van der Waals surface area contributed by atoms with Crippen molar-refractivity contribution in [2.75, 3.05) is 0 Å². The Kier molecular flexibility index (Phi) is 3.95. The zero-order chi connectivity index (χ0) is 12.4. The summed E-state index contributed by atoms with van der Waals surface area (Å²) < 4.78 is 2.18. The summed E-state index contributed by atoms with van der Waals surface area (Å²) >= 11 is 12.3. The Hall–Kier alpha value is -0.730. The van der Waals surface area contributed by atoms with Crippen molar-refractivity contribution in [1.29, 1.82) is 0 Å². The molecule has 2 nitrogen and oxygen atoms in total. The van der Waals surface area contributed by atoms with Crippen LogP contribution in [-0.4, -0.2) is 9.55 Å². The molecule has 1 aromatic carbocycles. The highest BCUT2D eigenvalue weighted by molar-refractivity contribution is 6.35. The zero-order valence-corrected chi connectivity index (χ0v) is 11.6. The van der Waals surface area contributed by atoms with Crippen LogP contribution in [0.15, 0.2) is 18.2 Å². The molecule has 0 spiro atoms. The lowest BCUT2D eigenvalue weighted by Gasteiger charge is -2.09. The van der Waals surface area contributed by atoms with Gasteiger partial charge in [-0.2, -0.15) is 0 Å². The highest BCUT2D eigenvalue weighted by atomic mass is 35.5. The van der Waals surface area contributed by atoms with Gasteiger partial charge in [0.1, 0.15) is 11.3 Å². The summed E-state index contributed by atoms with van der Waals surface area (Å²) in [5.74, 6) is 0.906. The Morgan fingerprint density at radius 3 is 2.82 bits per heavy atom. The normalized spacial score (nSPS) is 13.2. The lowest BCUT2D eigenvalue weighted by atomic mass is 10.3. The van der Waals surface area contributed by atoms with E-state index in [4.69, 9.17) is 23.2 Å². The van der Waals surface area contributed by atoms with Gasteiger partial charge in [0, 0.05) is 6.54 Å². The van der Waals surface area contributed by atoms with Crippen LogP contribution in [0.1, 0.15) is 37.9 Å². The SMILES string of the molecule is CCCCn1c(C(C)Cl)nc2c(Cl)cccc21. The maximum atomic E-state index is 6.18. The lowest BCUT2D eigenvalue weighted by molar-refractivity contribution is 0.616. The molecule has 92 valence electrons. The van der Waals surface area contributed by atoms with E-state index in [0.717, 1.165) is 36.2 Å². The minimum atomic E-state index is -0.102. The predicted molar refractivity (Wildman–Crippen MR) is 73.9 cm³/mol. The minimum absolute atomic E-state index is 0.102. The van der Waals surface area contributed by atoms with Gasteiger partial charge in [-0.1, -0.05) is 31.0 Å². The molecule has 0 aliphatic carbocycles. The van der Waals surface area contributed by atoms with E-state index in [1.807, 2.05) is 25.1 Å².